The van der Waals surface area contributed by atoms with Crippen LogP contribution in [0.1, 0.15) is 41.5 Å². The monoisotopic (exact) mass is 589 g/mol. The first-order chi connectivity index (χ1) is 18.9. The zero-order valence-electron chi connectivity index (χ0n) is 24.0. The number of hydrogen-bond donors (Lipinski definition) is 10. The molecule has 17 heteroatoms. The first-order valence-corrected chi connectivity index (χ1v) is 12.9. The number of nitrogens with one attached hydrogen (secondary N) is 6. The summed E-state index contributed by atoms with van der Waals surface area (Å²) in [4.78, 5) is 85.1. The predicted molar refractivity (Wildman–Crippen MR) is 143 cm³/mol. The molecule has 0 aliphatic carbocycles. The van der Waals surface area contributed by atoms with Gasteiger partial charge in [0.2, 0.25) is 35.4 Å². The summed E-state index contributed by atoms with van der Waals surface area (Å²) < 4.78 is 0. The van der Waals surface area contributed by atoms with Gasteiger partial charge in [0.25, 0.3) is 0 Å². The highest BCUT2D eigenvalue weighted by Gasteiger charge is 2.31. The zero-order valence-corrected chi connectivity index (χ0v) is 24.0. The Balaban J connectivity index is 5.10. The molecule has 0 rings (SSSR count). The van der Waals surface area contributed by atoms with Crippen LogP contribution >= 0.6 is 0 Å². The van der Waals surface area contributed by atoms with Gasteiger partial charge < -0.3 is 53.0 Å². The molecule has 0 fully saturated rings. The van der Waals surface area contributed by atoms with Crippen molar-refractivity contribution in [2.24, 2.45) is 17.6 Å². The molecule has 0 spiro atoms. The van der Waals surface area contributed by atoms with E-state index in [2.05, 4.69) is 31.9 Å². The number of aliphatic hydroxyl groups is 2. The average Bonchev–Trinajstić information content (AvgIpc) is 2.88. The van der Waals surface area contributed by atoms with Gasteiger partial charge in [-0.05, 0) is 25.7 Å². The normalized spacial score (nSPS) is 15.4. The molecule has 234 valence electrons. The van der Waals surface area contributed by atoms with Gasteiger partial charge in [-0.15, -0.1) is 0 Å². The van der Waals surface area contributed by atoms with Crippen molar-refractivity contribution in [1.29, 1.82) is 0 Å². The molecule has 41 heavy (non-hydrogen) atoms. The van der Waals surface area contributed by atoms with Crippen molar-refractivity contribution in [3.8, 4) is 0 Å². The van der Waals surface area contributed by atoms with E-state index in [1.54, 1.807) is 27.7 Å². The molecule has 0 unspecified atom stereocenters. The maximum Gasteiger partial charge on any atom is 0.322 e. The minimum absolute atomic E-state index is 0.401. The van der Waals surface area contributed by atoms with Crippen LogP contribution in [0.15, 0.2) is 0 Å². The summed E-state index contributed by atoms with van der Waals surface area (Å²) in [6, 6.07) is -6.15. The lowest BCUT2D eigenvalue weighted by Gasteiger charge is -2.26. The molecule has 0 aliphatic rings. The number of carboxylic acid groups (broad SMARTS) is 1. The predicted octanol–water partition coefficient (Wildman–Crippen LogP) is -4.73. The lowest BCUT2D eigenvalue weighted by atomic mass is 10.0. The second kappa shape index (κ2) is 17.8. The van der Waals surface area contributed by atoms with E-state index in [0.29, 0.717) is 0 Å². The van der Waals surface area contributed by atoms with Crippen LogP contribution in [-0.4, -0.2) is 113 Å². The van der Waals surface area contributed by atoms with Gasteiger partial charge in [-0.25, -0.2) is 0 Å². The van der Waals surface area contributed by atoms with Crippen LogP contribution in [0.25, 0.3) is 0 Å². The van der Waals surface area contributed by atoms with Gasteiger partial charge in [0, 0.05) is 0 Å². The van der Waals surface area contributed by atoms with Crippen molar-refractivity contribution in [2.45, 2.75) is 77.9 Å². The molecule has 11 N–H and O–H groups in total. The summed E-state index contributed by atoms with van der Waals surface area (Å²) >= 11 is 0. The van der Waals surface area contributed by atoms with Crippen molar-refractivity contribution < 1.29 is 48.9 Å². The summed E-state index contributed by atoms with van der Waals surface area (Å²) in [6.45, 7) is 7.07. The van der Waals surface area contributed by atoms with Crippen LogP contribution in [0.5, 0.6) is 0 Å². The van der Waals surface area contributed by atoms with E-state index in [4.69, 9.17) is 10.8 Å². The molecule has 0 aromatic carbocycles. The first-order valence-electron chi connectivity index (χ1n) is 12.9. The van der Waals surface area contributed by atoms with Crippen molar-refractivity contribution >= 4 is 41.4 Å². The standard InChI is InChI=1S/C24H43N7O10/c1-10(2)18(23(40)27-8-16(35)36)31-20(37)12(5)28-24(41)19(11(3)4)30-15(34)7-26-21(38)14(9-32)29-22(39)17(25)13(6)33/h10-14,17-19,32-33H,7-9,25H2,1-6H3,(H,26,38)(H,27,40)(H,28,41)(H,29,39)(H,30,34)(H,31,37)(H,35,36)/t12-,13+,14-,17-,18-,19-/m0/s1. The number of amides is 6. The topological polar surface area (TPSA) is 278 Å². The first kappa shape index (κ1) is 37.2. The highest BCUT2D eigenvalue weighted by Crippen LogP contribution is 2.05. The van der Waals surface area contributed by atoms with E-state index >= 15 is 0 Å². The Labute approximate surface area is 237 Å². The highest BCUT2D eigenvalue weighted by atomic mass is 16.4. The van der Waals surface area contributed by atoms with Gasteiger partial charge >= 0.3 is 5.97 Å². The minimum atomic E-state index is -1.45. The van der Waals surface area contributed by atoms with Crippen LogP contribution in [-0.2, 0) is 33.6 Å². The molecular weight excluding hydrogens is 546 g/mol. The van der Waals surface area contributed by atoms with Crippen LogP contribution in [0.3, 0.4) is 0 Å². The number of hydrogen-bond acceptors (Lipinski definition) is 10. The maximum atomic E-state index is 12.8. The number of aliphatic carboxylic acids is 1. The number of aliphatic hydroxyl groups excluding tert-OH is 2. The zero-order chi connectivity index (χ0) is 32.0. The lowest BCUT2D eigenvalue weighted by molar-refractivity contribution is -0.139. The molecule has 0 aromatic rings. The molecule has 0 heterocycles. The van der Waals surface area contributed by atoms with Gasteiger partial charge in [-0.3, -0.25) is 33.6 Å². The molecule has 6 atom stereocenters. The Kier molecular flexibility index (Phi) is 16.1. The molecule has 0 saturated carbocycles. The third-order valence-corrected chi connectivity index (χ3v) is 5.74. The maximum absolute atomic E-state index is 12.8. The SMILES string of the molecule is CC(C)[C@H](NC(=O)CNC(=O)[C@H](CO)NC(=O)[C@@H](N)[C@@H](C)O)C(=O)N[C@@H](C)C(=O)N[C@H](C(=O)NCC(=O)O)C(C)C. The largest absolute Gasteiger partial charge is 0.480 e. The Morgan fingerprint density at radius 1 is 0.659 bits per heavy atom. The van der Waals surface area contributed by atoms with Crippen LogP contribution in [0, 0.1) is 11.8 Å². The number of rotatable bonds is 17. The number of carboxylic acids is 1. The third kappa shape index (κ3) is 13.4. The van der Waals surface area contributed by atoms with Crippen LogP contribution in [0.4, 0.5) is 0 Å². The van der Waals surface area contributed by atoms with Crippen molar-refractivity contribution in [1.82, 2.24) is 31.9 Å². The van der Waals surface area contributed by atoms with Crippen molar-refractivity contribution in [2.75, 3.05) is 19.7 Å². The van der Waals surface area contributed by atoms with E-state index in [1.165, 1.54) is 13.8 Å². The Morgan fingerprint density at radius 3 is 1.63 bits per heavy atom. The molecule has 6 amide bonds. The summed E-state index contributed by atoms with van der Waals surface area (Å²) in [5.41, 5.74) is 5.48. The number of carbonyl (C=O) groups is 7. The molecular formula is C24H43N7O10. The average molecular weight is 590 g/mol. The van der Waals surface area contributed by atoms with E-state index in [0.717, 1.165) is 0 Å². The van der Waals surface area contributed by atoms with Crippen molar-refractivity contribution in [3.05, 3.63) is 0 Å². The summed E-state index contributed by atoms with van der Waals surface area (Å²) in [6.07, 6.45) is -1.21. The summed E-state index contributed by atoms with van der Waals surface area (Å²) in [7, 11) is 0. The fourth-order valence-corrected chi connectivity index (χ4v) is 3.19. The Bertz CT molecular complexity index is 957. The van der Waals surface area contributed by atoms with Crippen molar-refractivity contribution in [3.63, 3.8) is 0 Å². The van der Waals surface area contributed by atoms with Gasteiger partial charge in [-0.1, -0.05) is 27.7 Å². The molecule has 17 nitrogen and oxygen atoms in total. The molecule has 0 bridgehead atoms. The van der Waals surface area contributed by atoms with E-state index < -0.39 is 109 Å². The quantitative estimate of drug-likeness (QED) is 0.0769. The van der Waals surface area contributed by atoms with Gasteiger partial charge in [0.05, 0.1) is 19.3 Å². The van der Waals surface area contributed by atoms with Gasteiger partial charge in [0.15, 0.2) is 0 Å². The smallest absolute Gasteiger partial charge is 0.322 e. The molecule has 0 saturated heterocycles. The second-order valence-electron chi connectivity index (χ2n) is 10.1. The molecule has 0 radical (unpaired) electrons. The summed E-state index contributed by atoms with van der Waals surface area (Å²) in [5, 5.41) is 41.4. The fourth-order valence-electron chi connectivity index (χ4n) is 3.19. The van der Waals surface area contributed by atoms with Crippen LogP contribution < -0.4 is 37.6 Å². The Hall–Kier alpha value is -3.83. The summed E-state index contributed by atoms with van der Waals surface area (Å²) in [5.74, 6) is -6.89. The van der Waals surface area contributed by atoms with Crippen LogP contribution in [0.2, 0.25) is 0 Å². The highest BCUT2D eigenvalue weighted by molar-refractivity contribution is 5.96. The van der Waals surface area contributed by atoms with Gasteiger partial charge in [-0.2, -0.15) is 0 Å². The minimum Gasteiger partial charge on any atom is -0.480 e. The Morgan fingerprint density at radius 2 is 1.17 bits per heavy atom. The van der Waals surface area contributed by atoms with Gasteiger partial charge in [0.1, 0.15) is 36.8 Å². The number of carbonyl (C=O) groups excluding carboxylic acids is 6. The second-order valence-corrected chi connectivity index (χ2v) is 10.1. The molecule has 0 aliphatic heterocycles. The van der Waals surface area contributed by atoms with E-state index in [1.807, 2.05) is 0 Å². The third-order valence-electron chi connectivity index (χ3n) is 5.74. The van der Waals surface area contributed by atoms with E-state index in [9.17, 15) is 43.8 Å². The number of nitrogens with two attached hydrogens (primary N) is 1. The lowest BCUT2D eigenvalue weighted by Crippen LogP contribution is -2.59. The molecule has 0 aromatic heterocycles. The van der Waals surface area contributed by atoms with E-state index in [-0.39, 0.29) is 0 Å². The fraction of sp³-hybridized carbons (Fsp3) is 0.708.